The Hall–Kier alpha value is -3.24. The van der Waals surface area contributed by atoms with E-state index in [-0.39, 0.29) is 5.69 Å². The van der Waals surface area contributed by atoms with E-state index in [1.165, 1.54) is 13.1 Å². The Kier molecular flexibility index (Phi) is 8.29. The highest BCUT2D eigenvalue weighted by Gasteiger charge is 2.40. The lowest BCUT2D eigenvalue weighted by Gasteiger charge is -2.30. The van der Waals surface area contributed by atoms with Gasteiger partial charge in [0, 0.05) is 27.7 Å². The Balaban J connectivity index is 3.43. The third-order valence-electron chi connectivity index (χ3n) is 3.20. The van der Waals surface area contributed by atoms with Gasteiger partial charge in [0.15, 0.2) is 24.0 Å². The molecule has 0 N–H and O–H groups in total. The summed E-state index contributed by atoms with van der Waals surface area (Å²) in [5, 5.41) is 11.8. The molecule has 0 radical (unpaired) electrons. The summed E-state index contributed by atoms with van der Waals surface area (Å²) in [6.45, 7) is 5.48. The van der Waals surface area contributed by atoms with Gasteiger partial charge in [-0.15, -0.1) is 0 Å². The van der Waals surface area contributed by atoms with E-state index in [1.54, 1.807) is 0 Å². The number of rotatable bonds is 8. The van der Waals surface area contributed by atoms with E-state index in [0.717, 1.165) is 33.9 Å². The molecule has 0 aromatic carbocycles. The monoisotopic (exact) mass is 398 g/mol. The molecule has 1 aromatic heterocycles. The van der Waals surface area contributed by atoms with Gasteiger partial charge >= 0.3 is 23.9 Å². The number of nitrogens with zero attached hydrogens (tertiary/aromatic N) is 2. The molecule has 1 heterocycles. The zero-order valence-corrected chi connectivity index (χ0v) is 16.2. The average Bonchev–Trinajstić information content (AvgIpc) is 2.53. The third kappa shape index (κ3) is 7.56. The number of carbonyl (C=O) groups excluding carboxylic acids is 4. The predicted molar refractivity (Wildman–Crippen MR) is 90.2 cm³/mol. The molecule has 1 aromatic rings. The lowest BCUT2D eigenvalue weighted by atomic mass is 10.0. The molecule has 0 amide bonds. The van der Waals surface area contributed by atoms with Crippen LogP contribution in [0.15, 0.2) is 12.4 Å². The smallest absolute Gasteiger partial charge is 0.303 e. The summed E-state index contributed by atoms with van der Waals surface area (Å²) in [5.41, 5.74) is 0.256. The van der Waals surface area contributed by atoms with E-state index in [9.17, 15) is 24.4 Å². The SMILES string of the molecule is CC(=O)OC[C@@H](OC(C)=O)[C@@H](OC(C)=O)[C@H](OC(C)=O)c1c[n+]([O-])cc(C)n1. The van der Waals surface area contributed by atoms with Crippen LogP contribution < -0.4 is 4.73 Å². The molecule has 0 aliphatic carbocycles. The van der Waals surface area contributed by atoms with Crippen molar-refractivity contribution in [2.24, 2.45) is 0 Å². The first kappa shape index (κ1) is 22.8. The maximum absolute atomic E-state index is 11.8. The molecule has 3 atom stereocenters. The van der Waals surface area contributed by atoms with Crippen molar-refractivity contribution in [3.8, 4) is 0 Å². The lowest BCUT2D eigenvalue weighted by molar-refractivity contribution is -0.607. The summed E-state index contributed by atoms with van der Waals surface area (Å²) in [7, 11) is 0. The fraction of sp³-hybridized carbons (Fsp3) is 0.529. The van der Waals surface area contributed by atoms with Crippen LogP contribution in [0.5, 0.6) is 0 Å². The van der Waals surface area contributed by atoms with Crippen molar-refractivity contribution >= 4 is 23.9 Å². The Bertz CT molecular complexity index is 730. The van der Waals surface area contributed by atoms with E-state index in [4.69, 9.17) is 18.9 Å². The van der Waals surface area contributed by atoms with Crippen molar-refractivity contribution in [1.29, 1.82) is 0 Å². The number of aromatic nitrogens is 2. The van der Waals surface area contributed by atoms with Crippen molar-refractivity contribution in [2.75, 3.05) is 6.61 Å². The molecule has 0 saturated heterocycles. The van der Waals surface area contributed by atoms with Crippen LogP contribution in [0.25, 0.3) is 0 Å². The summed E-state index contributed by atoms with van der Waals surface area (Å²) in [6, 6.07) is 0. The van der Waals surface area contributed by atoms with Crippen LogP contribution in [-0.4, -0.2) is 47.7 Å². The molecule has 0 spiro atoms. The van der Waals surface area contributed by atoms with Crippen molar-refractivity contribution < 1.29 is 42.9 Å². The largest absolute Gasteiger partial charge is 0.619 e. The Morgan fingerprint density at radius 2 is 1.54 bits per heavy atom. The zero-order chi connectivity index (χ0) is 21.4. The molecular formula is C17H22N2O9. The summed E-state index contributed by atoms with van der Waals surface area (Å²) >= 11 is 0. The molecule has 154 valence electrons. The Morgan fingerprint density at radius 1 is 0.964 bits per heavy atom. The summed E-state index contributed by atoms with van der Waals surface area (Å²) in [5.74, 6) is -2.98. The second-order valence-electron chi connectivity index (χ2n) is 5.85. The molecule has 0 aliphatic rings. The maximum Gasteiger partial charge on any atom is 0.303 e. The Morgan fingerprint density at radius 3 is 2.00 bits per heavy atom. The van der Waals surface area contributed by atoms with Gasteiger partial charge in [-0.2, -0.15) is 4.73 Å². The molecule has 11 heteroatoms. The van der Waals surface area contributed by atoms with Crippen LogP contribution in [0.2, 0.25) is 0 Å². The summed E-state index contributed by atoms with van der Waals surface area (Å²) in [6.07, 6.45) is -1.96. The lowest BCUT2D eigenvalue weighted by Crippen LogP contribution is -2.44. The number of hydrogen-bond acceptors (Lipinski definition) is 10. The molecule has 0 aliphatic heterocycles. The van der Waals surface area contributed by atoms with Gasteiger partial charge in [-0.1, -0.05) is 0 Å². The number of esters is 4. The van der Waals surface area contributed by atoms with Gasteiger partial charge in [0.2, 0.25) is 12.4 Å². The van der Waals surface area contributed by atoms with Gasteiger partial charge in [-0.3, -0.25) is 19.2 Å². The fourth-order valence-electron chi connectivity index (χ4n) is 2.36. The molecule has 1 rings (SSSR count). The van der Waals surface area contributed by atoms with E-state index >= 15 is 0 Å². The third-order valence-corrected chi connectivity index (χ3v) is 3.20. The summed E-state index contributed by atoms with van der Waals surface area (Å²) < 4.78 is 20.8. The minimum atomic E-state index is -1.43. The first-order valence-corrected chi connectivity index (χ1v) is 8.22. The molecule has 28 heavy (non-hydrogen) atoms. The van der Waals surface area contributed by atoms with E-state index in [0.29, 0.717) is 10.4 Å². The first-order valence-electron chi connectivity index (χ1n) is 8.22. The number of carbonyl (C=O) groups is 4. The molecular weight excluding hydrogens is 376 g/mol. The number of hydrogen-bond donors (Lipinski definition) is 0. The van der Waals surface area contributed by atoms with Crippen LogP contribution >= 0.6 is 0 Å². The van der Waals surface area contributed by atoms with Crippen LogP contribution in [0.1, 0.15) is 45.2 Å². The average molecular weight is 398 g/mol. The molecule has 11 nitrogen and oxygen atoms in total. The molecule has 0 fully saturated rings. The van der Waals surface area contributed by atoms with Gasteiger partial charge in [0.25, 0.3) is 0 Å². The highest BCUT2D eigenvalue weighted by molar-refractivity contribution is 5.68. The minimum Gasteiger partial charge on any atom is -0.619 e. The van der Waals surface area contributed by atoms with Crippen molar-refractivity contribution in [2.45, 2.75) is 52.9 Å². The second-order valence-corrected chi connectivity index (χ2v) is 5.85. The van der Waals surface area contributed by atoms with Gasteiger partial charge < -0.3 is 24.2 Å². The standard InChI is InChI=1S/C17H22N2O9/c1-9-6-19(24)7-14(18-9)16(27-12(4)22)17(28-13(5)23)15(26-11(3)21)8-25-10(2)20/h6-7,15-17H,8H2,1-5H3/t15-,16-,17-/m1/s1. The van der Waals surface area contributed by atoms with Gasteiger partial charge in [-0.05, 0) is 6.92 Å². The quantitative estimate of drug-likeness (QED) is 0.255. The fourth-order valence-corrected chi connectivity index (χ4v) is 2.36. The van der Waals surface area contributed by atoms with Crippen molar-refractivity contribution in [3.05, 3.63) is 29.0 Å². The first-order chi connectivity index (χ1) is 13.0. The normalized spacial score (nSPS) is 13.6. The van der Waals surface area contributed by atoms with Gasteiger partial charge in [0.05, 0.1) is 0 Å². The summed E-state index contributed by atoms with van der Waals surface area (Å²) in [4.78, 5) is 50.1. The maximum atomic E-state index is 11.8. The molecule has 0 saturated carbocycles. The van der Waals surface area contributed by atoms with Crippen LogP contribution in [0, 0.1) is 12.1 Å². The van der Waals surface area contributed by atoms with Crippen molar-refractivity contribution in [1.82, 2.24) is 4.98 Å². The van der Waals surface area contributed by atoms with E-state index in [2.05, 4.69) is 4.98 Å². The van der Waals surface area contributed by atoms with E-state index in [1.807, 2.05) is 0 Å². The number of ether oxygens (including phenoxy) is 4. The molecule has 0 unspecified atom stereocenters. The topological polar surface area (TPSA) is 145 Å². The van der Waals surface area contributed by atoms with Crippen molar-refractivity contribution in [3.63, 3.8) is 0 Å². The molecule has 0 bridgehead atoms. The van der Waals surface area contributed by atoms with Crippen LogP contribution in [0.4, 0.5) is 0 Å². The van der Waals surface area contributed by atoms with E-state index < -0.39 is 48.8 Å². The second kappa shape index (κ2) is 10.2. The zero-order valence-electron chi connectivity index (χ0n) is 16.2. The van der Waals surface area contributed by atoms with Gasteiger partial charge in [0.1, 0.15) is 12.3 Å². The van der Waals surface area contributed by atoms with Crippen LogP contribution in [0.3, 0.4) is 0 Å². The highest BCUT2D eigenvalue weighted by atomic mass is 16.6. The van der Waals surface area contributed by atoms with Gasteiger partial charge in [-0.25, -0.2) is 4.98 Å². The van der Waals surface area contributed by atoms with Crippen LogP contribution in [-0.2, 0) is 38.1 Å². The Labute approximate surface area is 161 Å². The highest BCUT2D eigenvalue weighted by Crippen LogP contribution is 2.26. The predicted octanol–water partition coefficient (Wildman–Crippen LogP) is 0.0541. The number of aryl methyl sites for hydroxylation is 1. The minimum absolute atomic E-state index is 0.0450.